The van der Waals surface area contributed by atoms with E-state index >= 15 is 0 Å². The summed E-state index contributed by atoms with van der Waals surface area (Å²) >= 11 is 0. The lowest BCUT2D eigenvalue weighted by atomic mass is 9.88. The van der Waals surface area contributed by atoms with Crippen LogP contribution in [0.3, 0.4) is 0 Å². The van der Waals surface area contributed by atoms with Crippen LogP contribution in [0.1, 0.15) is 39.5 Å². The molecule has 1 rings (SSSR count). The number of nitrogens with one attached hydrogen (secondary N) is 1. The Morgan fingerprint density at radius 1 is 1.35 bits per heavy atom. The van der Waals surface area contributed by atoms with Crippen LogP contribution in [0.2, 0.25) is 0 Å². The van der Waals surface area contributed by atoms with E-state index in [1.807, 2.05) is 6.92 Å². The Kier molecular flexibility index (Phi) is 8.87. The molecule has 1 fully saturated rings. The minimum Gasteiger partial charge on any atom is -0.476 e. The Morgan fingerprint density at radius 2 is 2.00 bits per heavy atom. The molecule has 1 aliphatic rings. The fraction of sp³-hybridized carbons (Fsp3) is 0.875. The third-order valence-corrected chi connectivity index (χ3v) is 4.29. The zero-order valence-corrected chi connectivity index (χ0v) is 15.0. The zero-order valence-electron chi connectivity index (χ0n) is 15.0. The van der Waals surface area contributed by atoms with Gasteiger partial charge >= 0.3 is 17.7 Å². The van der Waals surface area contributed by atoms with Crippen molar-refractivity contribution in [3.63, 3.8) is 0 Å². The summed E-state index contributed by atoms with van der Waals surface area (Å²) in [6.45, 7) is 2.67. The number of esters is 1. The maximum Gasteiger partial charge on any atom is 0.377 e. The van der Waals surface area contributed by atoms with Gasteiger partial charge in [0.1, 0.15) is 18.3 Å². The van der Waals surface area contributed by atoms with Crippen molar-refractivity contribution < 1.29 is 44.6 Å². The fourth-order valence-corrected chi connectivity index (χ4v) is 2.95. The van der Waals surface area contributed by atoms with E-state index in [-0.39, 0.29) is 0 Å². The fourth-order valence-electron chi connectivity index (χ4n) is 2.95. The second-order valence-corrected chi connectivity index (χ2v) is 6.43. The van der Waals surface area contributed by atoms with Gasteiger partial charge < -0.3 is 40.3 Å². The Morgan fingerprint density at radius 3 is 2.50 bits per heavy atom. The molecule has 0 aromatic carbocycles. The van der Waals surface area contributed by atoms with E-state index in [1.165, 1.54) is 0 Å². The third-order valence-electron chi connectivity index (χ3n) is 4.29. The average Bonchev–Trinajstić information content (AvgIpc) is 2.57. The highest BCUT2D eigenvalue weighted by Crippen LogP contribution is 2.33. The number of hydrogen-bond donors (Lipinski definition) is 6. The molecule has 0 aromatic heterocycles. The molecule has 0 saturated carbocycles. The summed E-state index contributed by atoms with van der Waals surface area (Å²) in [6.07, 6.45) is -4.00. The maximum atomic E-state index is 11.6. The van der Waals surface area contributed by atoms with Crippen molar-refractivity contribution in [1.29, 1.82) is 0 Å². The molecule has 0 aromatic rings. The first-order chi connectivity index (χ1) is 12.2. The van der Waals surface area contributed by atoms with Crippen LogP contribution in [-0.2, 0) is 19.1 Å². The van der Waals surface area contributed by atoms with Crippen LogP contribution < -0.4 is 5.32 Å². The number of aliphatic hydroxyl groups is 4. The van der Waals surface area contributed by atoms with Crippen LogP contribution in [0.25, 0.3) is 0 Å². The van der Waals surface area contributed by atoms with E-state index in [0.29, 0.717) is 6.54 Å². The van der Waals surface area contributed by atoms with Gasteiger partial charge in [0.15, 0.2) is 0 Å². The van der Waals surface area contributed by atoms with E-state index in [0.717, 1.165) is 26.2 Å². The lowest BCUT2D eigenvalue weighted by Gasteiger charge is -2.46. The Labute approximate surface area is 151 Å². The number of unbranched alkanes of at least 4 members (excludes halogenated alkanes) is 2. The van der Waals surface area contributed by atoms with Gasteiger partial charge in [-0.2, -0.15) is 0 Å². The van der Waals surface area contributed by atoms with Gasteiger partial charge in [0, 0.05) is 6.92 Å². The number of carbonyl (C=O) groups is 2. The second kappa shape index (κ2) is 10.1. The molecule has 0 aliphatic carbocycles. The van der Waals surface area contributed by atoms with Crippen molar-refractivity contribution in [2.45, 2.75) is 75.8 Å². The first kappa shape index (κ1) is 22.7. The molecule has 10 nitrogen and oxygen atoms in total. The molecular weight excluding hydrogens is 350 g/mol. The number of aliphatic hydroxyl groups excluding tert-OH is 4. The first-order valence-corrected chi connectivity index (χ1v) is 8.67. The van der Waals surface area contributed by atoms with Crippen molar-refractivity contribution in [1.82, 2.24) is 5.32 Å². The van der Waals surface area contributed by atoms with Crippen LogP contribution in [0.5, 0.6) is 0 Å². The predicted molar refractivity (Wildman–Crippen MR) is 88.0 cm³/mol. The zero-order chi connectivity index (χ0) is 19.9. The van der Waals surface area contributed by atoms with Gasteiger partial charge in [0.05, 0.1) is 25.2 Å². The van der Waals surface area contributed by atoms with E-state index < -0.39 is 61.2 Å². The molecule has 26 heavy (non-hydrogen) atoms. The molecule has 6 atom stereocenters. The number of carboxylic acid groups (broad SMARTS) is 1. The topological polar surface area (TPSA) is 166 Å². The van der Waals surface area contributed by atoms with Gasteiger partial charge in [0.25, 0.3) is 0 Å². The van der Waals surface area contributed by atoms with Gasteiger partial charge in [-0.25, -0.2) is 4.79 Å². The minimum absolute atomic E-state index is 0.463. The molecular formula is C16H29NO9. The standard InChI is InChI=1S/C16H29NO9/c1-3-4-5-6-17-12-10(20)7-16(15(23)24,25-9(2)19)26-14(12)13(22)11(21)8-18/h10-14,17-18,20-22H,3-8H2,1-2H3,(H,23,24)/t10-,11+,12+,13+,14+,16-/m0/s1. The molecule has 10 heteroatoms. The van der Waals surface area contributed by atoms with E-state index in [1.54, 1.807) is 0 Å². The Hall–Kier alpha value is -1.30. The van der Waals surface area contributed by atoms with Gasteiger partial charge in [-0.1, -0.05) is 19.8 Å². The van der Waals surface area contributed by atoms with Gasteiger partial charge in [-0.05, 0) is 13.0 Å². The van der Waals surface area contributed by atoms with Crippen LogP contribution >= 0.6 is 0 Å². The Balaban J connectivity index is 3.08. The number of hydrogen-bond acceptors (Lipinski definition) is 9. The lowest BCUT2D eigenvalue weighted by molar-refractivity contribution is -0.301. The highest BCUT2D eigenvalue weighted by molar-refractivity contribution is 5.80. The summed E-state index contributed by atoms with van der Waals surface area (Å²) in [5.41, 5.74) is 0. The van der Waals surface area contributed by atoms with Crippen molar-refractivity contribution in [2.75, 3.05) is 13.2 Å². The quantitative estimate of drug-likeness (QED) is 0.191. The summed E-state index contributed by atoms with van der Waals surface area (Å²) in [4.78, 5) is 22.9. The summed E-state index contributed by atoms with van der Waals surface area (Å²) in [5, 5.41) is 52.0. The van der Waals surface area contributed by atoms with Crippen LogP contribution in [0.15, 0.2) is 0 Å². The molecule has 0 spiro atoms. The predicted octanol–water partition coefficient (Wildman–Crippen LogP) is -1.66. The molecule has 0 unspecified atom stereocenters. The molecule has 1 aliphatic heterocycles. The van der Waals surface area contributed by atoms with E-state index in [2.05, 4.69) is 5.32 Å². The normalized spacial score (nSPS) is 31.2. The number of rotatable bonds is 10. The minimum atomic E-state index is -2.49. The number of carboxylic acids is 1. The third kappa shape index (κ3) is 5.60. The summed E-state index contributed by atoms with van der Waals surface area (Å²) in [5.74, 6) is -5.08. The number of aliphatic carboxylic acids is 1. The molecule has 1 saturated heterocycles. The van der Waals surface area contributed by atoms with Crippen molar-refractivity contribution in [3.8, 4) is 0 Å². The van der Waals surface area contributed by atoms with Crippen molar-refractivity contribution >= 4 is 11.9 Å². The SMILES string of the molecule is CCCCCN[C@H]1[C@H]([C@H](O)[C@H](O)CO)O[C@](OC(C)=O)(C(=O)O)C[C@@H]1O. The van der Waals surface area contributed by atoms with Crippen LogP contribution in [0.4, 0.5) is 0 Å². The van der Waals surface area contributed by atoms with E-state index in [9.17, 15) is 30.0 Å². The molecule has 0 bridgehead atoms. The lowest BCUT2D eigenvalue weighted by Crippen LogP contribution is -2.67. The van der Waals surface area contributed by atoms with Gasteiger partial charge in [-0.15, -0.1) is 0 Å². The summed E-state index contributed by atoms with van der Waals surface area (Å²) in [7, 11) is 0. The van der Waals surface area contributed by atoms with Crippen molar-refractivity contribution in [2.24, 2.45) is 0 Å². The van der Waals surface area contributed by atoms with Crippen LogP contribution in [0, 0.1) is 0 Å². The number of ether oxygens (including phenoxy) is 2. The average molecular weight is 379 g/mol. The smallest absolute Gasteiger partial charge is 0.377 e. The van der Waals surface area contributed by atoms with Crippen LogP contribution in [-0.4, -0.2) is 86.9 Å². The maximum absolute atomic E-state index is 11.6. The largest absolute Gasteiger partial charge is 0.476 e. The van der Waals surface area contributed by atoms with Gasteiger partial charge in [-0.3, -0.25) is 4.79 Å². The molecule has 0 amide bonds. The Bertz CT molecular complexity index is 475. The first-order valence-electron chi connectivity index (χ1n) is 8.67. The van der Waals surface area contributed by atoms with Crippen molar-refractivity contribution in [3.05, 3.63) is 0 Å². The van der Waals surface area contributed by atoms with Gasteiger partial charge in [0.2, 0.25) is 0 Å². The molecule has 152 valence electrons. The van der Waals surface area contributed by atoms with E-state index in [4.69, 9.17) is 14.6 Å². The monoisotopic (exact) mass is 379 g/mol. The highest BCUT2D eigenvalue weighted by atomic mass is 16.7. The molecule has 6 N–H and O–H groups in total. The molecule has 1 heterocycles. The summed E-state index contributed by atoms with van der Waals surface area (Å²) < 4.78 is 10.2. The summed E-state index contributed by atoms with van der Waals surface area (Å²) in [6, 6.07) is -0.925. The second-order valence-electron chi connectivity index (χ2n) is 6.43. The molecule has 0 radical (unpaired) electrons. The highest BCUT2D eigenvalue weighted by Gasteiger charge is 2.56. The number of carbonyl (C=O) groups excluding carboxylic acids is 1.